The molecule has 5 nitrogen and oxygen atoms in total. The number of nitrogens with zero attached hydrogens (tertiary/aromatic N) is 2. The lowest BCUT2D eigenvalue weighted by Gasteiger charge is -2.31. The minimum atomic E-state index is -0.0435. The fraction of sp³-hybridized carbons (Fsp3) is 0.375. The first-order chi connectivity index (χ1) is 10.6. The maximum absolute atomic E-state index is 12.3. The molecular weight excluding hydrogens is 302 g/mol. The van der Waals surface area contributed by atoms with Crippen LogP contribution < -0.4 is 4.74 Å². The fourth-order valence-corrected chi connectivity index (χ4v) is 2.68. The Morgan fingerprint density at radius 3 is 2.59 bits per heavy atom. The third-order valence-corrected chi connectivity index (χ3v) is 4.00. The van der Waals surface area contributed by atoms with E-state index < -0.39 is 0 Å². The maximum atomic E-state index is 12.3. The molecule has 1 N–H and O–H groups in total. The van der Waals surface area contributed by atoms with Gasteiger partial charge in [0.25, 0.3) is 5.91 Å². The van der Waals surface area contributed by atoms with Gasteiger partial charge in [0.15, 0.2) is 5.82 Å². The summed E-state index contributed by atoms with van der Waals surface area (Å²) >= 11 is 5.86. The van der Waals surface area contributed by atoms with Crippen LogP contribution in [0.1, 0.15) is 29.2 Å². The van der Waals surface area contributed by atoms with Gasteiger partial charge in [-0.05, 0) is 31.2 Å². The highest BCUT2D eigenvalue weighted by Gasteiger charge is 2.26. The van der Waals surface area contributed by atoms with Gasteiger partial charge in [-0.3, -0.25) is 4.79 Å². The molecule has 1 aromatic heterocycles. The summed E-state index contributed by atoms with van der Waals surface area (Å²) in [6.07, 6.45) is 3.43. The predicted molar refractivity (Wildman–Crippen MR) is 84.3 cm³/mol. The third kappa shape index (κ3) is 3.42. The molecule has 0 atom stereocenters. The van der Waals surface area contributed by atoms with Crippen LogP contribution in [0.5, 0.6) is 5.75 Å². The number of imidazole rings is 1. The molecule has 1 fully saturated rings. The van der Waals surface area contributed by atoms with Gasteiger partial charge < -0.3 is 14.6 Å². The standard InChI is InChI=1S/C16H18ClN3O2/c1-11-10-18-15(19-11)16(21)20-8-6-14(7-9-20)22-13-4-2-12(17)3-5-13/h2-5,10,14H,6-9H2,1H3,(H,18,19). The Kier molecular flexibility index (Phi) is 4.34. The molecule has 1 saturated heterocycles. The van der Waals surface area contributed by atoms with E-state index in [1.165, 1.54) is 0 Å². The molecule has 0 bridgehead atoms. The van der Waals surface area contributed by atoms with Crippen LogP contribution in [0.2, 0.25) is 5.02 Å². The van der Waals surface area contributed by atoms with Crippen molar-refractivity contribution in [2.45, 2.75) is 25.9 Å². The Morgan fingerprint density at radius 1 is 1.32 bits per heavy atom. The van der Waals surface area contributed by atoms with Crippen LogP contribution in [0.3, 0.4) is 0 Å². The van der Waals surface area contributed by atoms with E-state index in [0.29, 0.717) is 23.9 Å². The summed E-state index contributed by atoms with van der Waals surface area (Å²) in [5.41, 5.74) is 0.893. The number of aromatic amines is 1. The molecule has 0 saturated carbocycles. The van der Waals surface area contributed by atoms with E-state index in [-0.39, 0.29) is 12.0 Å². The second-order valence-electron chi connectivity index (χ2n) is 5.48. The molecule has 1 aliphatic heterocycles. The molecule has 1 amide bonds. The normalized spacial score (nSPS) is 15.8. The quantitative estimate of drug-likeness (QED) is 0.946. The van der Waals surface area contributed by atoms with Crippen LogP contribution in [0, 0.1) is 6.92 Å². The van der Waals surface area contributed by atoms with Gasteiger partial charge in [-0.2, -0.15) is 0 Å². The van der Waals surface area contributed by atoms with Gasteiger partial charge in [-0.1, -0.05) is 11.6 Å². The number of ether oxygens (including phenoxy) is 1. The second-order valence-corrected chi connectivity index (χ2v) is 5.91. The molecule has 2 aromatic rings. The van der Waals surface area contributed by atoms with Gasteiger partial charge >= 0.3 is 0 Å². The smallest absolute Gasteiger partial charge is 0.289 e. The van der Waals surface area contributed by atoms with Crippen molar-refractivity contribution in [3.05, 3.63) is 47.0 Å². The summed E-state index contributed by atoms with van der Waals surface area (Å²) in [5, 5.41) is 0.696. The lowest BCUT2D eigenvalue weighted by molar-refractivity contribution is 0.0585. The van der Waals surface area contributed by atoms with Crippen LogP contribution in [0.15, 0.2) is 30.5 Å². The first-order valence-corrected chi connectivity index (χ1v) is 7.73. The molecule has 0 aliphatic carbocycles. The predicted octanol–water partition coefficient (Wildman–Crippen LogP) is 3.06. The van der Waals surface area contributed by atoms with Crippen molar-refractivity contribution in [2.75, 3.05) is 13.1 Å². The van der Waals surface area contributed by atoms with E-state index in [1.54, 1.807) is 6.20 Å². The first-order valence-electron chi connectivity index (χ1n) is 7.35. The number of likely N-dealkylation sites (tertiary alicyclic amines) is 1. The number of piperidine rings is 1. The molecule has 116 valence electrons. The van der Waals surface area contributed by atoms with Gasteiger partial charge in [0.1, 0.15) is 11.9 Å². The molecule has 1 aliphatic rings. The summed E-state index contributed by atoms with van der Waals surface area (Å²) in [4.78, 5) is 21.2. The number of carbonyl (C=O) groups is 1. The number of nitrogens with one attached hydrogen (secondary N) is 1. The van der Waals surface area contributed by atoms with E-state index in [0.717, 1.165) is 24.3 Å². The first kappa shape index (κ1) is 14.9. The minimum Gasteiger partial charge on any atom is -0.490 e. The number of aryl methyl sites for hydroxylation is 1. The van der Waals surface area contributed by atoms with Gasteiger partial charge in [-0.25, -0.2) is 4.98 Å². The fourth-order valence-electron chi connectivity index (χ4n) is 2.55. The highest BCUT2D eigenvalue weighted by molar-refractivity contribution is 6.30. The minimum absolute atomic E-state index is 0.0435. The molecule has 2 heterocycles. The molecular formula is C16H18ClN3O2. The van der Waals surface area contributed by atoms with Crippen LogP contribution in [-0.4, -0.2) is 40.0 Å². The Hall–Kier alpha value is -2.01. The van der Waals surface area contributed by atoms with Crippen molar-refractivity contribution in [1.82, 2.24) is 14.9 Å². The van der Waals surface area contributed by atoms with Crippen molar-refractivity contribution in [3.63, 3.8) is 0 Å². The summed E-state index contributed by atoms with van der Waals surface area (Å²) in [5.74, 6) is 1.18. The molecule has 0 unspecified atom stereocenters. The molecule has 6 heteroatoms. The molecule has 22 heavy (non-hydrogen) atoms. The van der Waals surface area contributed by atoms with Crippen molar-refractivity contribution in [3.8, 4) is 5.75 Å². The number of benzene rings is 1. The van der Waals surface area contributed by atoms with Crippen molar-refractivity contribution in [1.29, 1.82) is 0 Å². The van der Waals surface area contributed by atoms with Crippen molar-refractivity contribution >= 4 is 17.5 Å². The van der Waals surface area contributed by atoms with Crippen LogP contribution >= 0.6 is 11.6 Å². The molecule has 0 spiro atoms. The zero-order valence-electron chi connectivity index (χ0n) is 12.4. The Bertz CT molecular complexity index is 646. The molecule has 3 rings (SSSR count). The number of hydrogen-bond acceptors (Lipinski definition) is 3. The van der Waals surface area contributed by atoms with Crippen molar-refractivity contribution in [2.24, 2.45) is 0 Å². The maximum Gasteiger partial charge on any atom is 0.289 e. The monoisotopic (exact) mass is 319 g/mol. The third-order valence-electron chi connectivity index (χ3n) is 3.75. The number of halogens is 1. The van der Waals surface area contributed by atoms with Gasteiger partial charge in [-0.15, -0.1) is 0 Å². The Balaban J connectivity index is 1.54. The highest BCUT2D eigenvalue weighted by atomic mass is 35.5. The van der Waals surface area contributed by atoms with E-state index in [2.05, 4.69) is 9.97 Å². The number of rotatable bonds is 3. The van der Waals surface area contributed by atoms with E-state index >= 15 is 0 Å². The van der Waals surface area contributed by atoms with Crippen LogP contribution in [-0.2, 0) is 0 Å². The lowest BCUT2D eigenvalue weighted by Crippen LogP contribution is -2.42. The summed E-state index contributed by atoms with van der Waals surface area (Å²) in [6.45, 7) is 3.24. The summed E-state index contributed by atoms with van der Waals surface area (Å²) < 4.78 is 5.93. The van der Waals surface area contributed by atoms with Gasteiger partial charge in [0, 0.05) is 42.8 Å². The molecule has 1 aromatic carbocycles. The lowest BCUT2D eigenvalue weighted by atomic mass is 10.1. The summed E-state index contributed by atoms with van der Waals surface area (Å²) in [7, 11) is 0. The Morgan fingerprint density at radius 2 is 2.00 bits per heavy atom. The number of carbonyl (C=O) groups excluding carboxylic acids is 1. The summed E-state index contributed by atoms with van der Waals surface area (Å²) in [6, 6.07) is 7.36. The van der Waals surface area contributed by atoms with E-state index in [9.17, 15) is 4.79 Å². The van der Waals surface area contributed by atoms with Crippen LogP contribution in [0.25, 0.3) is 0 Å². The number of amides is 1. The van der Waals surface area contributed by atoms with E-state index in [1.807, 2.05) is 36.1 Å². The van der Waals surface area contributed by atoms with Gasteiger partial charge in [0.05, 0.1) is 0 Å². The zero-order chi connectivity index (χ0) is 15.5. The van der Waals surface area contributed by atoms with Crippen LogP contribution in [0.4, 0.5) is 0 Å². The number of aromatic nitrogens is 2. The van der Waals surface area contributed by atoms with Crippen molar-refractivity contribution < 1.29 is 9.53 Å². The SMILES string of the molecule is Cc1cnc(C(=O)N2CCC(Oc3ccc(Cl)cc3)CC2)[nH]1. The average molecular weight is 320 g/mol. The average Bonchev–Trinajstić information content (AvgIpc) is 2.96. The largest absolute Gasteiger partial charge is 0.490 e. The second kappa shape index (κ2) is 6.40. The Labute approximate surface area is 134 Å². The number of H-pyrrole nitrogens is 1. The zero-order valence-corrected chi connectivity index (χ0v) is 13.1. The molecule has 0 radical (unpaired) electrons. The number of hydrogen-bond donors (Lipinski definition) is 1. The topological polar surface area (TPSA) is 58.2 Å². The van der Waals surface area contributed by atoms with E-state index in [4.69, 9.17) is 16.3 Å². The van der Waals surface area contributed by atoms with Gasteiger partial charge in [0.2, 0.25) is 0 Å². The highest BCUT2D eigenvalue weighted by Crippen LogP contribution is 2.21.